The van der Waals surface area contributed by atoms with E-state index in [2.05, 4.69) is 23.8 Å². The van der Waals surface area contributed by atoms with Crippen molar-refractivity contribution in [2.24, 2.45) is 0 Å². The van der Waals surface area contributed by atoms with Crippen LogP contribution in [0.2, 0.25) is 5.15 Å². The van der Waals surface area contributed by atoms with E-state index in [1.165, 1.54) is 6.42 Å². The third-order valence-electron chi connectivity index (χ3n) is 1.01. The minimum Gasteiger partial charge on any atom is -0.254 e. The summed E-state index contributed by atoms with van der Waals surface area (Å²) in [5.41, 5.74) is 1.69. The molecule has 3 heteroatoms. The number of aromatic nitrogens is 2. The largest absolute Gasteiger partial charge is 0.254 e. The fourth-order valence-corrected chi connectivity index (χ4v) is 0.674. The first-order valence-corrected chi connectivity index (χ1v) is 4.45. The first-order valence-electron chi connectivity index (χ1n) is 4.07. The van der Waals surface area contributed by atoms with Crippen molar-refractivity contribution in [3.63, 3.8) is 0 Å². The molecule has 0 saturated heterocycles. The van der Waals surface area contributed by atoms with Crippen molar-refractivity contribution in [3.05, 3.63) is 22.7 Å². The van der Waals surface area contributed by atoms with Crippen LogP contribution < -0.4 is 0 Å². The molecule has 0 radical (unpaired) electrons. The Morgan fingerprint density at radius 1 is 1.33 bits per heavy atom. The summed E-state index contributed by atoms with van der Waals surface area (Å²) in [5, 5.41) is 0.487. The van der Waals surface area contributed by atoms with E-state index in [9.17, 15) is 0 Å². The zero-order valence-corrected chi connectivity index (χ0v) is 8.81. The van der Waals surface area contributed by atoms with Gasteiger partial charge in [-0.3, -0.25) is 4.98 Å². The minimum atomic E-state index is 0.487. The summed E-state index contributed by atoms with van der Waals surface area (Å²) in [6.07, 6.45) is 2.90. The average molecular weight is 187 g/mol. The van der Waals surface area contributed by atoms with Crippen molar-refractivity contribution >= 4 is 11.6 Å². The fourth-order valence-electron chi connectivity index (χ4n) is 0.583. The third kappa shape index (κ3) is 4.29. The van der Waals surface area contributed by atoms with Crippen LogP contribution in [0.5, 0.6) is 0 Å². The predicted molar refractivity (Wildman–Crippen MR) is 52.5 cm³/mol. The molecule has 0 amide bonds. The lowest BCUT2D eigenvalue weighted by Crippen LogP contribution is -1.88. The van der Waals surface area contributed by atoms with Gasteiger partial charge in [-0.1, -0.05) is 31.9 Å². The molecule has 0 N–H and O–H groups in total. The molecule has 12 heavy (non-hydrogen) atoms. The number of halogens is 1. The van der Waals surface area contributed by atoms with Crippen LogP contribution in [0.1, 0.15) is 31.7 Å². The normalized spacial score (nSPS) is 8.75. The Labute approximate surface area is 79.0 Å². The Morgan fingerprint density at radius 2 is 1.83 bits per heavy atom. The third-order valence-corrected chi connectivity index (χ3v) is 1.38. The van der Waals surface area contributed by atoms with Crippen LogP contribution in [0.15, 0.2) is 6.20 Å². The van der Waals surface area contributed by atoms with Crippen LogP contribution in [0, 0.1) is 13.8 Å². The van der Waals surface area contributed by atoms with Gasteiger partial charge in [0.25, 0.3) is 0 Å². The Morgan fingerprint density at radius 3 is 2.17 bits per heavy atom. The molecule has 0 saturated carbocycles. The first kappa shape index (κ1) is 11.4. The van der Waals surface area contributed by atoms with Gasteiger partial charge in [0, 0.05) is 6.20 Å². The van der Waals surface area contributed by atoms with Gasteiger partial charge in [0.15, 0.2) is 0 Å². The summed E-state index contributed by atoms with van der Waals surface area (Å²) in [6.45, 7) is 7.97. The number of hydrogen-bond acceptors (Lipinski definition) is 2. The van der Waals surface area contributed by atoms with E-state index >= 15 is 0 Å². The molecule has 0 aliphatic carbocycles. The van der Waals surface area contributed by atoms with Crippen molar-refractivity contribution in [2.45, 2.75) is 34.1 Å². The van der Waals surface area contributed by atoms with E-state index < -0.39 is 0 Å². The topological polar surface area (TPSA) is 25.8 Å². The highest BCUT2D eigenvalue weighted by Crippen LogP contribution is 2.07. The zero-order chi connectivity index (χ0) is 9.56. The van der Waals surface area contributed by atoms with Gasteiger partial charge < -0.3 is 0 Å². The molecule has 2 nitrogen and oxygen atoms in total. The van der Waals surface area contributed by atoms with E-state index in [-0.39, 0.29) is 0 Å². The highest BCUT2D eigenvalue weighted by atomic mass is 35.5. The fraction of sp³-hybridized carbons (Fsp3) is 0.556. The maximum atomic E-state index is 5.61. The van der Waals surface area contributed by atoms with E-state index in [4.69, 9.17) is 11.6 Å². The smallest absolute Gasteiger partial charge is 0.150 e. The molecular formula is C9H15ClN2. The van der Waals surface area contributed by atoms with E-state index in [1.54, 1.807) is 6.20 Å². The van der Waals surface area contributed by atoms with Crippen molar-refractivity contribution in [2.75, 3.05) is 0 Å². The average Bonchev–Trinajstić information content (AvgIpc) is 1.99. The number of hydrogen-bond donors (Lipinski definition) is 0. The van der Waals surface area contributed by atoms with Crippen LogP contribution in [0.4, 0.5) is 0 Å². The monoisotopic (exact) mass is 186 g/mol. The minimum absolute atomic E-state index is 0.487. The van der Waals surface area contributed by atoms with Crippen molar-refractivity contribution in [3.8, 4) is 0 Å². The standard InChI is InChI=1S/C6H7ClN2.C3H8/c1-4-3-8-6(7)5(2)9-4;1-3-2/h3H,1-2H3;3H2,1-2H3. The molecule has 1 aromatic heterocycles. The van der Waals surface area contributed by atoms with E-state index in [1.807, 2.05) is 13.8 Å². The number of nitrogens with zero attached hydrogens (tertiary/aromatic N) is 2. The lowest BCUT2D eigenvalue weighted by Gasteiger charge is -1.94. The van der Waals surface area contributed by atoms with Crippen LogP contribution in [0.25, 0.3) is 0 Å². The quantitative estimate of drug-likeness (QED) is 0.622. The summed E-state index contributed by atoms with van der Waals surface area (Å²) >= 11 is 5.61. The highest BCUT2D eigenvalue weighted by molar-refractivity contribution is 6.29. The second-order valence-electron chi connectivity index (χ2n) is 2.59. The van der Waals surface area contributed by atoms with Gasteiger partial charge in [0.05, 0.1) is 11.4 Å². The Bertz CT molecular complexity index is 236. The number of rotatable bonds is 0. The predicted octanol–water partition coefficient (Wildman–Crippen LogP) is 3.16. The highest BCUT2D eigenvalue weighted by Gasteiger charge is 1.94. The van der Waals surface area contributed by atoms with Crippen molar-refractivity contribution in [1.82, 2.24) is 9.97 Å². The molecule has 1 heterocycles. The summed E-state index contributed by atoms with van der Waals surface area (Å²) in [7, 11) is 0. The van der Waals surface area contributed by atoms with Gasteiger partial charge in [-0.15, -0.1) is 0 Å². The number of aryl methyl sites for hydroxylation is 2. The van der Waals surface area contributed by atoms with Gasteiger partial charge in [-0.25, -0.2) is 4.98 Å². The van der Waals surface area contributed by atoms with Gasteiger partial charge in [-0.05, 0) is 13.8 Å². The Kier molecular flexibility index (Phi) is 5.64. The van der Waals surface area contributed by atoms with Crippen molar-refractivity contribution < 1.29 is 0 Å². The maximum Gasteiger partial charge on any atom is 0.150 e. The molecule has 0 aromatic carbocycles. The summed E-state index contributed by atoms with van der Waals surface area (Å²) in [5.74, 6) is 0. The lowest BCUT2D eigenvalue weighted by atomic mass is 10.4. The molecule has 0 unspecified atom stereocenters. The Hall–Kier alpha value is -0.630. The molecule has 1 rings (SSSR count). The second-order valence-corrected chi connectivity index (χ2v) is 2.95. The van der Waals surface area contributed by atoms with Gasteiger partial charge in [0.2, 0.25) is 0 Å². The lowest BCUT2D eigenvalue weighted by molar-refractivity contribution is 1.05. The Balaban J connectivity index is 0.000000354. The molecule has 0 bridgehead atoms. The zero-order valence-electron chi connectivity index (χ0n) is 8.06. The molecule has 0 aliphatic rings. The van der Waals surface area contributed by atoms with Crippen LogP contribution in [-0.4, -0.2) is 9.97 Å². The molecule has 1 aromatic rings. The van der Waals surface area contributed by atoms with Gasteiger partial charge in [-0.2, -0.15) is 0 Å². The van der Waals surface area contributed by atoms with Crippen LogP contribution in [0.3, 0.4) is 0 Å². The van der Waals surface area contributed by atoms with Gasteiger partial charge >= 0.3 is 0 Å². The molecular weight excluding hydrogens is 172 g/mol. The molecule has 0 spiro atoms. The summed E-state index contributed by atoms with van der Waals surface area (Å²) < 4.78 is 0. The second kappa shape index (κ2) is 5.95. The molecule has 68 valence electrons. The summed E-state index contributed by atoms with van der Waals surface area (Å²) in [4.78, 5) is 7.96. The van der Waals surface area contributed by atoms with Crippen LogP contribution in [-0.2, 0) is 0 Å². The molecule has 0 aliphatic heterocycles. The molecule has 0 fully saturated rings. The maximum absolute atomic E-state index is 5.61. The first-order chi connectivity index (χ1) is 5.61. The SMILES string of the molecule is CCC.Cc1cnc(Cl)c(C)n1. The van der Waals surface area contributed by atoms with E-state index in [0.717, 1.165) is 11.4 Å². The van der Waals surface area contributed by atoms with Gasteiger partial charge in [0.1, 0.15) is 5.15 Å². The summed E-state index contributed by atoms with van der Waals surface area (Å²) in [6, 6.07) is 0. The molecule has 0 atom stereocenters. The van der Waals surface area contributed by atoms with Crippen molar-refractivity contribution in [1.29, 1.82) is 0 Å². The van der Waals surface area contributed by atoms with Crippen LogP contribution >= 0.6 is 11.6 Å². The van der Waals surface area contributed by atoms with E-state index in [0.29, 0.717) is 5.15 Å².